The van der Waals surface area contributed by atoms with Crippen LogP contribution in [0.2, 0.25) is 10.0 Å². The molecular formula is C14H11Cl2NO2. The number of hydrogen-bond donors (Lipinski definition) is 1. The molecule has 1 amide bonds. The number of halogens is 2. The number of carbonyl (C=O) groups excluding carboxylic acids is 1. The van der Waals surface area contributed by atoms with E-state index in [2.05, 4.69) is 5.32 Å². The second-order valence-electron chi connectivity index (χ2n) is 3.90. The Morgan fingerprint density at radius 2 is 2.05 bits per heavy atom. The lowest BCUT2D eigenvalue weighted by atomic mass is 10.3. The summed E-state index contributed by atoms with van der Waals surface area (Å²) in [5.41, 5.74) is 0.511. The molecule has 0 aliphatic heterocycles. The molecule has 1 heterocycles. The van der Waals surface area contributed by atoms with Crippen LogP contribution in [0.15, 0.2) is 40.8 Å². The highest BCUT2D eigenvalue weighted by molar-refractivity contribution is 6.36. The van der Waals surface area contributed by atoms with Crippen LogP contribution in [-0.2, 0) is 4.79 Å². The second kappa shape index (κ2) is 5.95. The largest absolute Gasteiger partial charge is 0.462 e. The first-order valence-corrected chi connectivity index (χ1v) is 6.31. The van der Waals surface area contributed by atoms with Gasteiger partial charge in [0.1, 0.15) is 11.5 Å². The smallest absolute Gasteiger partial charge is 0.248 e. The molecule has 0 spiro atoms. The summed E-state index contributed by atoms with van der Waals surface area (Å²) in [6.45, 7) is 1.84. The molecule has 0 aliphatic carbocycles. The number of furan rings is 1. The molecule has 98 valence electrons. The van der Waals surface area contributed by atoms with E-state index in [-0.39, 0.29) is 5.91 Å². The molecule has 0 saturated carbocycles. The van der Waals surface area contributed by atoms with Gasteiger partial charge in [0, 0.05) is 11.1 Å². The van der Waals surface area contributed by atoms with Crippen LogP contribution >= 0.6 is 23.2 Å². The zero-order chi connectivity index (χ0) is 13.8. The molecule has 5 heteroatoms. The number of rotatable bonds is 3. The molecule has 0 aliphatic rings. The predicted molar refractivity (Wildman–Crippen MR) is 77.6 cm³/mol. The van der Waals surface area contributed by atoms with Crippen molar-refractivity contribution in [2.75, 3.05) is 5.32 Å². The second-order valence-corrected chi connectivity index (χ2v) is 4.74. The zero-order valence-corrected chi connectivity index (χ0v) is 11.6. The molecule has 1 aromatic heterocycles. The molecule has 0 atom stereocenters. The van der Waals surface area contributed by atoms with E-state index in [4.69, 9.17) is 27.6 Å². The summed E-state index contributed by atoms with van der Waals surface area (Å²) >= 11 is 11.7. The third-order valence-electron chi connectivity index (χ3n) is 2.35. The summed E-state index contributed by atoms with van der Waals surface area (Å²) in [5, 5.41) is 3.57. The Bertz CT molecular complexity index is 632. The van der Waals surface area contributed by atoms with Gasteiger partial charge in [-0.1, -0.05) is 23.2 Å². The van der Waals surface area contributed by atoms with Crippen LogP contribution in [0.25, 0.3) is 6.08 Å². The van der Waals surface area contributed by atoms with Gasteiger partial charge >= 0.3 is 0 Å². The normalized spacial score (nSPS) is 10.9. The Labute approximate surface area is 120 Å². The standard InChI is InChI=1S/C14H11Cl2NO2/c1-9-2-4-11(19-9)5-7-14(18)17-13-6-3-10(15)8-12(13)16/h2-8H,1H3,(H,17,18)/b7-5+. The lowest BCUT2D eigenvalue weighted by Crippen LogP contribution is -2.07. The summed E-state index contributed by atoms with van der Waals surface area (Å²) in [6, 6.07) is 8.48. The Morgan fingerprint density at radius 1 is 1.26 bits per heavy atom. The Balaban J connectivity index is 2.03. The molecule has 2 rings (SSSR count). The van der Waals surface area contributed by atoms with Crippen LogP contribution in [0.1, 0.15) is 11.5 Å². The lowest BCUT2D eigenvalue weighted by molar-refractivity contribution is -0.111. The van der Waals surface area contributed by atoms with Gasteiger partial charge in [-0.05, 0) is 43.3 Å². The molecule has 1 N–H and O–H groups in total. The molecule has 0 saturated heterocycles. The number of carbonyl (C=O) groups is 1. The van der Waals surface area contributed by atoms with E-state index in [0.29, 0.717) is 21.5 Å². The van der Waals surface area contributed by atoms with E-state index in [9.17, 15) is 4.79 Å². The maximum Gasteiger partial charge on any atom is 0.248 e. The van der Waals surface area contributed by atoms with Crippen molar-refractivity contribution < 1.29 is 9.21 Å². The van der Waals surface area contributed by atoms with Crippen molar-refractivity contribution in [1.29, 1.82) is 0 Å². The Morgan fingerprint density at radius 3 is 2.68 bits per heavy atom. The van der Waals surface area contributed by atoms with Crippen molar-refractivity contribution in [3.05, 3.63) is 58.0 Å². The first-order chi connectivity index (χ1) is 9.04. The Hall–Kier alpha value is -1.71. The van der Waals surface area contributed by atoms with Crippen molar-refractivity contribution in [1.82, 2.24) is 0 Å². The fraction of sp³-hybridized carbons (Fsp3) is 0.0714. The van der Waals surface area contributed by atoms with Gasteiger partial charge in [-0.2, -0.15) is 0 Å². The predicted octanol–water partition coefficient (Wildman–Crippen LogP) is 4.55. The van der Waals surface area contributed by atoms with Crippen LogP contribution in [-0.4, -0.2) is 5.91 Å². The van der Waals surface area contributed by atoms with Gasteiger partial charge < -0.3 is 9.73 Å². The molecule has 3 nitrogen and oxygen atoms in total. The first kappa shape index (κ1) is 13.7. The van der Waals surface area contributed by atoms with Crippen LogP contribution in [0.4, 0.5) is 5.69 Å². The van der Waals surface area contributed by atoms with E-state index in [1.54, 1.807) is 30.3 Å². The zero-order valence-electron chi connectivity index (χ0n) is 10.1. The fourth-order valence-electron chi connectivity index (χ4n) is 1.47. The minimum absolute atomic E-state index is 0.293. The maximum absolute atomic E-state index is 11.7. The summed E-state index contributed by atoms with van der Waals surface area (Å²) in [6.07, 6.45) is 2.97. The molecular weight excluding hydrogens is 285 g/mol. The number of aryl methyl sites for hydroxylation is 1. The number of benzene rings is 1. The molecule has 0 radical (unpaired) electrons. The number of hydrogen-bond acceptors (Lipinski definition) is 2. The topological polar surface area (TPSA) is 42.2 Å². The highest BCUT2D eigenvalue weighted by Gasteiger charge is 2.04. The van der Waals surface area contributed by atoms with Crippen molar-refractivity contribution in [2.24, 2.45) is 0 Å². The summed E-state index contributed by atoms with van der Waals surface area (Å²) in [4.78, 5) is 11.7. The number of anilines is 1. The lowest BCUT2D eigenvalue weighted by Gasteiger charge is -2.04. The molecule has 0 unspecified atom stereocenters. The minimum atomic E-state index is -0.293. The van der Waals surface area contributed by atoms with E-state index < -0.39 is 0 Å². The summed E-state index contributed by atoms with van der Waals surface area (Å²) in [5.74, 6) is 1.12. The van der Waals surface area contributed by atoms with Gasteiger partial charge in [-0.3, -0.25) is 4.79 Å². The van der Waals surface area contributed by atoms with Gasteiger partial charge in [-0.25, -0.2) is 0 Å². The van der Waals surface area contributed by atoms with E-state index in [1.807, 2.05) is 13.0 Å². The highest BCUT2D eigenvalue weighted by Crippen LogP contribution is 2.25. The van der Waals surface area contributed by atoms with Crippen molar-refractivity contribution >= 4 is 40.9 Å². The number of nitrogens with one attached hydrogen (secondary N) is 1. The monoisotopic (exact) mass is 295 g/mol. The highest BCUT2D eigenvalue weighted by atomic mass is 35.5. The van der Waals surface area contributed by atoms with Crippen molar-refractivity contribution in [2.45, 2.75) is 6.92 Å². The van der Waals surface area contributed by atoms with Crippen LogP contribution in [0.5, 0.6) is 0 Å². The third-order valence-corrected chi connectivity index (χ3v) is 2.90. The van der Waals surface area contributed by atoms with Gasteiger partial charge in [0.2, 0.25) is 5.91 Å². The van der Waals surface area contributed by atoms with Crippen LogP contribution < -0.4 is 5.32 Å². The van der Waals surface area contributed by atoms with Gasteiger partial charge in [0.15, 0.2) is 0 Å². The molecule has 2 aromatic rings. The van der Waals surface area contributed by atoms with E-state index in [1.165, 1.54) is 6.08 Å². The van der Waals surface area contributed by atoms with Crippen LogP contribution in [0.3, 0.4) is 0 Å². The van der Waals surface area contributed by atoms with Gasteiger partial charge in [0.25, 0.3) is 0 Å². The summed E-state index contributed by atoms with van der Waals surface area (Å²) in [7, 11) is 0. The maximum atomic E-state index is 11.7. The quantitative estimate of drug-likeness (QED) is 0.844. The van der Waals surface area contributed by atoms with Gasteiger partial charge in [0.05, 0.1) is 10.7 Å². The van der Waals surface area contributed by atoms with Crippen molar-refractivity contribution in [3.63, 3.8) is 0 Å². The fourth-order valence-corrected chi connectivity index (χ4v) is 1.92. The summed E-state index contributed by atoms with van der Waals surface area (Å²) < 4.78 is 5.31. The van der Waals surface area contributed by atoms with E-state index in [0.717, 1.165) is 5.76 Å². The molecule has 19 heavy (non-hydrogen) atoms. The SMILES string of the molecule is Cc1ccc(/C=C/C(=O)Nc2ccc(Cl)cc2Cl)o1. The molecule has 0 fully saturated rings. The average molecular weight is 296 g/mol. The Kier molecular flexibility index (Phi) is 4.30. The first-order valence-electron chi connectivity index (χ1n) is 5.55. The minimum Gasteiger partial charge on any atom is -0.462 e. The van der Waals surface area contributed by atoms with Gasteiger partial charge in [-0.15, -0.1) is 0 Å². The third kappa shape index (κ3) is 3.88. The molecule has 0 bridgehead atoms. The molecule has 1 aromatic carbocycles. The van der Waals surface area contributed by atoms with Crippen LogP contribution in [0, 0.1) is 6.92 Å². The van der Waals surface area contributed by atoms with E-state index >= 15 is 0 Å². The van der Waals surface area contributed by atoms with Crippen molar-refractivity contribution in [3.8, 4) is 0 Å². The number of amides is 1. The average Bonchev–Trinajstić information content (AvgIpc) is 2.76.